The van der Waals surface area contributed by atoms with Gasteiger partial charge in [0, 0.05) is 23.5 Å². The first-order valence-electron chi connectivity index (χ1n) is 6.67. The first-order chi connectivity index (χ1) is 9.09. The molecule has 0 amide bonds. The fourth-order valence-electron chi connectivity index (χ4n) is 2.17. The minimum Gasteiger partial charge on any atom is -0.507 e. The van der Waals surface area contributed by atoms with Gasteiger partial charge < -0.3 is 10.4 Å². The predicted octanol–water partition coefficient (Wildman–Crippen LogP) is 4.16. The molecule has 2 heteroatoms. The van der Waals surface area contributed by atoms with E-state index in [1.165, 1.54) is 5.57 Å². The van der Waals surface area contributed by atoms with E-state index in [-0.39, 0.29) is 6.04 Å². The van der Waals surface area contributed by atoms with E-state index < -0.39 is 0 Å². The third-order valence-electron chi connectivity index (χ3n) is 3.33. The third-order valence-corrected chi connectivity index (χ3v) is 3.33. The maximum Gasteiger partial charge on any atom is 0.128 e. The van der Waals surface area contributed by atoms with Crippen LogP contribution < -0.4 is 5.32 Å². The van der Waals surface area contributed by atoms with Crippen molar-refractivity contribution in [2.75, 3.05) is 6.54 Å². The van der Waals surface area contributed by atoms with Crippen LogP contribution in [0.2, 0.25) is 0 Å². The zero-order valence-electron chi connectivity index (χ0n) is 11.8. The summed E-state index contributed by atoms with van der Waals surface area (Å²) in [5.41, 5.74) is 2.24. The Morgan fingerprint density at radius 1 is 1.21 bits per heavy atom. The monoisotopic (exact) mass is 255 g/mol. The minimum absolute atomic E-state index is 0.125. The van der Waals surface area contributed by atoms with Crippen molar-refractivity contribution in [1.82, 2.24) is 5.32 Å². The summed E-state index contributed by atoms with van der Waals surface area (Å²) in [5, 5.41) is 15.8. The van der Waals surface area contributed by atoms with Gasteiger partial charge in [-0.3, -0.25) is 0 Å². The number of hydrogen-bond donors (Lipinski definition) is 2. The van der Waals surface area contributed by atoms with E-state index in [2.05, 4.69) is 38.2 Å². The van der Waals surface area contributed by atoms with Gasteiger partial charge in [0.25, 0.3) is 0 Å². The lowest BCUT2D eigenvalue weighted by atomic mass is 10.0. The van der Waals surface area contributed by atoms with Crippen LogP contribution in [-0.2, 0) is 0 Å². The number of phenols is 1. The number of fused-ring (bicyclic) bond motifs is 1. The Morgan fingerprint density at radius 2 is 1.95 bits per heavy atom. The zero-order valence-corrected chi connectivity index (χ0v) is 11.8. The number of benzene rings is 2. The van der Waals surface area contributed by atoms with Gasteiger partial charge in [-0.2, -0.15) is 0 Å². The molecule has 2 rings (SSSR count). The van der Waals surface area contributed by atoms with Crippen molar-refractivity contribution in [3.63, 3.8) is 0 Å². The number of phenolic OH excluding ortho intramolecular Hbond substituents is 1. The fraction of sp³-hybridized carbons (Fsp3) is 0.294. The van der Waals surface area contributed by atoms with E-state index in [1.807, 2.05) is 30.3 Å². The molecule has 0 spiro atoms. The average Bonchev–Trinajstić information content (AvgIpc) is 2.39. The predicted molar refractivity (Wildman–Crippen MR) is 81.5 cm³/mol. The second-order valence-electron chi connectivity index (χ2n) is 5.14. The maximum atomic E-state index is 10.4. The Labute approximate surface area is 114 Å². The molecule has 0 heterocycles. The van der Waals surface area contributed by atoms with Crippen molar-refractivity contribution >= 4 is 10.8 Å². The van der Waals surface area contributed by atoms with E-state index >= 15 is 0 Å². The Balaban J connectivity index is 2.25. The van der Waals surface area contributed by atoms with Gasteiger partial charge in [0.2, 0.25) is 0 Å². The van der Waals surface area contributed by atoms with E-state index in [0.717, 1.165) is 22.9 Å². The van der Waals surface area contributed by atoms with Crippen LogP contribution >= 0.6 is 0 Å². The quantitative estimate of drug-likeness (QED) is 0.804. The summed E-state index contributed by atoms with van der Waals surface area (Å²) < 4.78 is 0. The number of nitrogens with one attached hydrogen (secondary N) is 1. The fourth-order valence-corrected chi connectivity index (χ4v) is 2.17. The first-order valence-corrected chi connectivity index (χ1v) is 6.67. The second-order valence-corrected chi connectivity index (χ2v) is 5.14. The highest BCUT2D eigenvalue weighted by Crippen LogP contribution is 2.32. The minimum atomic E-state index is 0.125. The van der Waals surface area contributed by atoms with Gasteiger partial charge in [-0.1, -0.05) is 48.0 Å². The highest BCUT2D eigenvalue weighted by atomic mass is 16.3. The summed E-state index contributed by atoms with van der Waals surface area (Å²) >= 11 is 0. The lowest BCUT2D eigenvalue weighted by molar-refractivity contribution is 0.462. The molecule has 1 atom stereocenters. The summed E-state index contributed by atoms with van der Waals surface area (Å²) in [5.74, 6) is 0.385. The standard InChI is InChI=1S/C17H21NO/c1-12(2)10-11-18-13(3)15-9-8-14-6-4-5-7-16(14)17(15)19/h4-10,13,18-19H,11H2,1-3H3. The van der Waals surface area contributed by atoms with Crippen molar-refractivity contribution in [2.24, 2.45) is 0 Å². The Hall–Kier alpha value is -1.80. The molecule has 0 radical (unpaired) electrons. The van der Waals surface area contributed by atoms with Crippen LogP contribution in [0.1, 0.15) is 32.4 Å². The molecule has 0 aromatic heterocycles. The zero-order chi connectivity index (χ0) is 13.8. The van der Waals surface area contributed by atoms with Crippen LogP contribution in [0.5, 0.6) is 5.75 Å². The number of allylic oxidation sites excluding steroid dienone is 1. The van der Waals surface area contributed by atoms with E-state index in [1.54, 1.807) is 0 Å². The van der Waals surface area contributed by atoms with Crippen LogP contribution in [0.4, 0.5) is 0 Å². The van der Waals surface area contributed by atoms with E-state index in [0.29, 0.717) is 5.75 Å². The Morgan fingerprint density at radius 3 is 2.68 bits per heavy atom. The molecule has 2 aromatic rings. The van der Waals surface area contributed by atoms with Crippen LogP contribution in [0.25, 0.3) is 10.8 Å². The lowest BCUT2D eigenvalue weighted by Crippen LogP contribution is -2.18. The number of rotatable bonds is 4. The van der Waals surface area contributed by atoms with E-state index in [9.17, 15) is 5.11 Å². The van der Waals surface area contributed by atoms with Gasteiger partial charge in [0.05, 0.1) is 0 Å². The van der Waals surface area contributed by atoms with Crippen LogP contribution in [0.3, 0.4) is 0 Å². The largest absolute Gasteiger partial charge is 0.507 e. The lowest BCUT2D eigenvalue weighted by Gasteiger charge is -2.16. The van der Waals surface area contributed by atoms with Gasteiger partial charge >= 0.3 is 0 Å². The Kier molecular flexibility index (Phi) is 4.23. The molecule has 0 aliphatic carbocycles. The third kappa shape index (κ3) is 3.15. The summed E-state index contributed by atoms with van der Waals surface area (Å²) in [6.07, 6.45) is 2.15. The van der Waals surface area contributed by atoms with Crippen molar-refractivity contribution in [3.8, 4) is 5.75 Å². The second kappa shape index (κ2) is 5.89. The van der Waals surface area contributed by atoms with Gasteiger partial charge in [-0.05, 0) is 26.2 Å². The molecule has 0 aliphatic rings. The molecular formula is C17H21NO. The normalized spacial score (nSPS) is 12.4. The average molecular weight is 255 g/mol. The highest BCUT2D eigenvalue weighted by Gasteiger charge is 2.11. The maximum absolute atomic E-state index is 10.4. The molecule has 0 fully saturated rings. The molecule has 100 valence electrons. The summed E-state index contributed by atoms with van der Waals surface area (Å²) in [4.78, 5) is 0. The van der Waals surface area contributed by atoms with Gasteiger partial charge in [0.1, 0.15) is 5.75 Å². The van der Waals surface area contributed by atoms with Crippen LogP contribution in [0, 0.1) is 0 Å². The van der Waals surface area contributed by atoms with Crippen molar-refractivity contribution in [3.05, 3.63) is 53.6 Å². The topological polar surface area (TPSA) is 32.3 Å². The molecule has 2 nitrogen and oxygen atoms in total. The molecule has 0 saturated carbocycles. The van der Waals surface area contributed by atoms with Crippen LogP contribution in [-0.4, -0.2) is 11.7 Å². The molecule has 0 aliphatic heterocycles. The van der Waals surface area contributed by atoms with E-state index in [4.69, 9.17) is 0 Å². The number of aromatic hydroxyl groups is 1. The van der Waals surface area contributed by atoms with Crippen molar-refractivity contribution in [2.45, 2.75) is 26.8 Å². The van der Waals surface area contributed by atoms with Gasteiger partial charge in [0.15, 0.2) is 0 Å². The highest BCUT2D eigenvalue weighted by molar-refractivity contribution is 5.89. The van der Waals surface area contributed by atoms with Gasteiger partial charge in [-0.15, -0.1) is 0 Å². The summed E-state index contributed by atoms with van der Waals surface area (Å²) in [7, 11) is 0. The van der Waals surface area contributed by atoms with Gasteiger partial charge in [-0.25, -0.2) is 0 Å². The molecule has 2 aromatic carbocycles. The smallest absolute Gasteiger partial charge is 0.128 e. The molecule has 0 saturated heterocycles. The molecule has 0 bridgehead atoms. The summed E-state index contributed by atoms with van der Waals surface area (Å²) in [6.45, 7) is 7.05. The number of hydrogen-bond acceptors (Lipinski definition) is 2. The SMILES string of the molecule is CC(C)=CCNC(C)c1ccc2ccccc2c1O. The molecule has 2 N–H and O–H groups in total. The summed E-state index contributed by atoms with van der Waals surface area (Å²) in [6, 6.07) is 12.1. The molecule has 19 heavy (non-hydrogen) atoms. The van der Waals surface area contributed by atoms with Crippen molar-refractivity contribution in [1.29, 1.82) is 0 Å². The molecular weight excluding hydrogens is 234 g/mol. The van der Waals surface area contributed by atoms with Crippen molar-refractivity contribution < 1.29 is 5.11 Å². The van der Waals surface area contributed by atoms with Crippen LogP contribution in [0.15, 0.2) is 48.0 Å². The molecule has 1 unspecified atom stereocenters. The Bertz CT molecular complexity index is 597. The first kappa shape index (κ1) is 13.6.